The van der Waals surface area contributed by atoms with Crippen LogP contribution in [0, 0.1) is 5.82 Å². The summed E-state index contributed by atoms with van der Waals surface area (Å²) in [4.78, 5) is 12.0. The molecule has 4 heteroatoms. The van der Waals surface area contributed by atoms with Gasteiger partial charge in [-0.1, -0.05) is 37.3 Å². The fourth-order valence-corrected chi connectivity index (χ4v) is 2.05. The Labute approximate surface area is 123 Å². The molecule has 2 rings (SSSR count). The standard InChI is InChI=1S/C17H18FNO2/c1-12(13-6-4-3-5-7-13)11-19-17(20)14-8-9-16(21-2)15(18)10-14/h3-10,12H,11H2,1-2H3,(H,19,20). The Morgan fingerprint density at radius 3 is 2.57 bits per heavy atom. The van der Waals surface area contributed by atoms with Crippen molar-refractivity contribution < 1.29 is 13.9 Å². The van der Waals surface area contributed by atoms with Crippen molar-refractivity contribution >= 4 is 5.91 Å². The van der Waals surface area contributed by atoms with Crippen LogP contribution in [-0.4, -0.2) is 19.6 Å². The quantitative estimate of drug-likeness (QED) is 0.915. The van der Waals surface area contributed by atoms with Gasteiger partial charge in [-0.2, -0.15) is 0 Å². The molecule has 0 aliphatic heterocycles. The van der Waals surface area contributed by atoms with Gasteiger partial charge in [0.1, 0.15) is 0 Å². The molecule has 1 unspecified atom stereocenters. The average molecular weight is 287 g/mol. The minimum Gasteiger partial charge on any atom is -0.494 e. The molecule has 0 aromatic heterocycles. The molecular weight excluding hydrogens is 269 g/mol. The monoisotopic (exact) mass is 287 g/mol. The molecule has 0 heterocycles. The molecule has 0 fully saturated rings. The summed E-state index contributed by atoms with van der Waals surface area (Å²) in [7, 11) is 1.39. The number of nitrogens with one attached hydrogen (secondary N) is 1. The molecule has 0 bridgehead atoms. The van der Waals surface area contributed by atoms with Crippen LogP contribution in [0.1, 0.15) is 28.8 Å². The van der Waals surface area contributed by atoms with E-state index in [0.717, 1.165) is 5.56 Å². The molecule has 0 aliphatic carbocycles. The van der Waals surface area contributed by atoms with Crippen LogP contribution in [0.3, 0.4) is 0 Å². The summed E-state index contributed by atoms with van der Waals surface area (Å²) in [6.07, 6.45) is 0. The lowest BCUT2D eigenvalue weighted by Gasteiger charge is -2.13. The number of methoxy groups -OCH3 is 1. The molecule has 1 amide bonds. The minimum atomic E-state index is -0.541. The van der Waals surface area contributed by atoms with Crippen LogP contribution < -0.4 is 10.1 Å². The third-order valence-electron chi connectivity index (χ3n) is 3.35. The van der Waals surface area contributed by atoms with Gasteiger partial charge < -0.3 is 10.1 Å². The molecule has 0 radical (unpaired) electrons. The van der Waals surface area contributed by atoms with Crippen molar-refractivity contribution in [2.45, 2.75) is 12.8 Å². The second-order valence-corrected chi connectivity index (χ2v) is 4.87. The molecule has 21 heavy (non-hydrogen) atoms. The van der Waals surface area contributed by atoms with Crippen LogP contribution >= 0.6 is 0 Å². The lowest BCUT2D eigenvalue weighted by atomic mass is 10.0. The lowest BCUT2D eigenvalue weighted by molar-refractivity contribution is 0.0951. The van der Waals surface area contributed by atoms with Gasteiger partial charge >= 0.3 is 0 Å². The summed E-state index contributed by atoms with van der Waals surface area (Å²) in [5.41, 5.74) is 1.44. The van der Waals surface area contributed by atoms with E-state index in [4.69, 9.17) is 4.74 Å². The van der Waals surface area contributed by atoms with Crippen molar-refractivity contribution in [3.05, 3.63) is 65.5 Å². The highest BCUT2D eigenvalue weighted by Crippen LogP contribution is 2.18. The van der Waals surface area contributed by atoms with Gasteiger partial charge in [-0.25, -0.2) is 4.39 Å². The zero-order valence-corrected chi connectivity index (χ0v) is 12.1. The van der Waals surface area contributed by atoms with Crippen molar-refractivity contribution in [1.82, 2.24) is 5.32 Å². The van der Waals surface area contributed by atoms with Crippen molar-refractivity contribution in [2.24, 2.45) is 0 Å². The molecule has 0 aliphatic rings. The third kappa shape index (κ3) is 3.81. The predicted octanol–water partition coefficient (Wildman–Crippen LogP) is 3.37. The van der Waals surface area contributed by atoms with E-state index >= 15 is 0 Å². The number of benzene rings is 2. The zero-order valence-electron chi connectivity index (χ0n) is 12.1. The van der Waals surface area contributed by atoms with Crippen molar-refractivity contribution in [2.75, 3.05) is 13.7 Å². The first-order valence-corrected chi connectivity index (χ1v) is 6.78. The largest absolute Gasteiger partial charge is 0.494 e. The molecule has 2 aromatic rings. The van der Waals surface area contributed by atoms with E-state index in [2.05, 4.69) is 5.32 Å². The van der Waals surface area contributed by atoms with Gasteiger partial charge in [-0.05, 0) is 29.7 Å². The normalized spacial score (nSPS) is 11.8. The van der Waals surface area contributed by atoms with E-state index in [9.17, 15) is 9.18 Å². The van der Waals surface area contributed by atoms with Crippen LogP contribution in [0.5, 0.6) is 5.75 Å². The Morgan fingerprint density at radius 1 is 1.24 bits per heavy atom. The van der Waals surface area contributed by atoms with Gasteiger partial charge in [-0.3, -0.25) is 4.79 Å². The van der Waals surface area contributed by atoms with Crippen molar-refractivity contribution in [3.63, 3.8) is 0 Å². The second kappa shape index (κ2) is 6.88. The minimum absolute atomic E-state index is 0.129. The van der Waals surface area contributed by atoms with E-state index in [0.29, 0.717) is 6.54 Å². The average Bonchev–Trinajstić information content (AvgIpc) is 2.53. The summed E-state index contributed by atoms with van der Waals surface area (Å²) in [5.74, 6) is -0.511. The Morgan fingerprint density at radius 2 is 1.95 bits per heavy atom. The number of carbonyl (C=O) groups excluding carboxylic acids is 1. The van der Waals surface area contributed by atoms with Crippen LogP contribution in [-0.2, 0) is 0 Å². The maximum Gasteiger partial charge on any atom is 0.251 e. The van der Waals surface area contributed by atoms with Crippen molar-refractivity contribution in [1.29, 1.82) is 0 Å². The van der Waals surface area contributed by atoms with Gasteiger partial charge in [-0.15, -0.1) is 0 Å². The van der Waals surface area contributed by atoms with E-state index in [-0.39, 0.29) is 23.1 Å². The molecule has 1 atom stereocenters. The summed E-state index contributed by atoms with van der Waals surface area (Å²) in [5, 5.41) is 2.82. The van der Waals surface area contributed by atoms with Gasteiger partial charge in [0.15, 0.2) is 11.6 Å². The van der Waals surface area contributed by atoms with E-state index in [1.54, 1.807) is 6.07 Å². The molecule has 3 nitrogen and oxygen atoms in total. The summed E-state index contributed by atoms with van der Waals surface area (Å²) < 4.78 is 18.4. The van der Waals surface area contributed by atoms with E-state index < -0.39 is 5.82 Å². The fourth-order valence-electron chi connectivity index (χ4n) is 2.05. The molecule has 0 saturated carbocycles. The Hall–Kier alpha value is -2.36. The maximum atomic E-state index is 13.6. The van der Waals surface area contributed by atoms with Crippen LogP contribution in [0.25, 0.3) is 0 Å². The molecule has 0 spiro atoms. The Kier molecular flexibility index (Phi) is 4.93. The van der Waals surface area contributed by atoms with Crippen LogP contribution in [0.4, 0.5) is 4.39 Å². The van der Waals surface area contributed by atoms with Gasteiger partial charge in [0.25, 0.3) is 5.91 Å². The highest BCUT2D eigenvalue weighted by Gasteiger charge is 2.11. The van der Waals surface area contributed by atoms with E-state index in [1.807, 2.05) is 37.3 Å². The maximum absolute atomic E-state index is 13.6. The zero-order chi connectivity index (χ0) is 15.2. The highest BCUT2D eigenvalue weighted by molar-refractivity contribution is 5.94. The molecular formula is C17H18FNO2. The second-order valence-electron chi connectivity index (χ2n) is 4.87. The number of hydrogen-bond acceptors (Lipinski definition) is 2. The number of carbonyl (C=O) groups is 1. The van der Waals surface area contributed by atoms with E-state index in [1.165, 1.54) is 19.2 Å². The first kappa shape index (κ1) is 15.0. The van der Waals surface area contributed by atoms with Crippen LogP contribution in [0.2, 0.25) is 0 Å². The highest BCUT2D eigenvalue weighted by atomic mass is 19.1. The van der Waals surface area contributed by atoms with Crippen LogP contribution in [0.15, 0.2) is 48.5 Å². The molecule has 2 aromatic carbocycles. The number of ether oxygens (including phenoxy) is 1. The smallest absolute Gasteiger partial charge is 0.251 e. The first-order valence-electron chi connectivity index (χ1n) is 6.78. The summed E-state index contributed by atoms with van der Waals surface area (Å²) in [6, 6.07) is 14.1. The lowest BCUT2D eigenvalue weighted by Crippen LogP contribution is -2.27. The summed E-state index contributed by atoms with van der Waals surface area (Å²) >= 11 is 0. The predicted molar refractivity (Wildman–Crippen MR) is 80.1 cm³/mol. The summed E-state index contributed by atoms with van der Waals surface area (Å²) in [6.45, 7) is 2.53. The molecule has 1 N–H and O–H groups in total. The number of halogens is 1. The van der Waals surface area contributed by atoms with Gasteiger partial charge in [0, 0.05) is 12.1 Å². The van der Waals surface area contributed by atoms with Gasteiger partial charge in [0.05, 0.1) is 7.11 Å². The Balaban J connectivity index is 1.97. The number of amides is 1. The molecule has 110 valence electrons. The SMILES string of the molecule is COc1ccc(C(=O)NCC(C)c2ccccc2)cc1F. The van der Waals surface area contributed by atoms with Crippen molar-refractivity contribution in [3.8, 4) is 5.75 Å². The first-order chi connectivity index (χ1) is 10.1. The number of rotatable bonds is 5. The number of hydrogen-bond donors (Lipinski definition) is 1. The third-order valence-corrected chi connectivity index (χ3v) is 3.35. The topological polar surface area (TPSA) is 38.3 Å². The molecule has 0 saturated heterocycles. The Bertz CT molecular complexity index is 613. The fraction of sp³-hybridized carbons (Fsp3) is 0.235. The van der Waals surface area contributed by atoms with Gasteiger partial charge in [0.2, 0.25) is 0 Å².